The Hall–Kier alpha value is -1.18. The van der Waals surface area contributed by atoms with Crippen LogP contribution in [-0.4, -0.2) is 55.9 Å². The SMILES string of the molecule is COc1ccc(CCN[C@H]2[C@@H]3OC[C@@H](O3)[C@@H](N)[C@@H]2O)cc1. The molecule has 2 saturated heterocycles. The highest BCUT2D eigenvalue weighted by molar-refractivity contribution is 5.27. The van der Waals surface area contributed by atoms with Crippen LogP contribution in [-0.2, 0) is 15.9 Å². The van der Waals surface area contributed by atoms with Crippen LogP contribution in [0.1, 0.15) is 5.56 Å². The van der Waals surface area contributed by atoms with Crippen molar-refractivity contribution < 1.29 is 19.3 Å². The monoisotopic (exact) mass is 294 g/mol. The number of methoxy groups -OCH3 is 1. The van der Waals surface area contributed by atoms with Crippen molar-refractivity contribution in [1.29, 1.82) is 0 Å². The number of fused-ring (bicyclic) bond motifs is 2. The van der Waals surface area contributed by atoms with Crippen LogP contribution in [0.15, 0.2) is 24.3 Å². The van der Waals surface area contributed by atoms with E-state index in [9.17, 15) is 5.11 Å². The van der Waals surface area contributed by atoms with Crippen molar-refractivity contribution in [2.45, 2.75) is 37.0 Å². The Morgan fingerprint density at radius 2 is 2.14 bits per heavy atom. The summed E-state index contributed by atoms with van der Waals surface area (Å²) in [5.41, 5.74) is 7.15. The van der Waals surface area contributed by atoms with E-state index in [4.69, 9.17) is 19.9 Å². The molecule has 0 unspecified atom stereocenters. The van der Waals surface area contributed by atoms with Crippen molar-refractivity contribution in [1.82, 2.24) is 5.32 Å². The first-order valence-electron chi connectivity index (χ1n) is 7.26. The molecule has 2 aliphatic rings. The summed E-state index contributed by atoms with van der Waals surface area (Å²) in [6, 6.07) is 7.26. The topological polar surface area (TPSA) is 86.0 Å². The lowest BCUT2D eigenvalue weighted by molar-refractivity contribution is -0.147. The maximum atomic E-state index is 10.2. The van der Waals surface area contributed by atoms with Gasteiger partial charge in [-0.1, -0.05) is 12.1 Å². The lowest BCUT2D eigenvalue weighted by atomic mass is 9.97. The van der Waals surface area contributed by atoms with Gasteiger partial charge >= 0.3 is 0 Å². The van der Waals surface area contributed by atoms with E-state index in [0.717, 1.165) is 12.2 Å². The van der Waals surface area contributed by atoms with Crippen molar-refractivity contribution in [3.8, 4) is 5.75 Å². The highest BCUT2D eigenvalue weighted by Crippen LogP contribution is 2.27. The molecule has 1 aromatic rings. The van der Waals surface area contributed by atoms with E-state index in [1.165, 1.54) is 5.56 Å². The minimum atomic E-state index is -0.646. The number of aliphatic hydroxyl groups excluding tert-OH is 1. The van der Waals surface area contributed by atoms with Gasteiger partial charge < -0.3 is 30.4 Å². The number of nitrogens with one attached hydrogen (secondary N) is 1. The largest absolute Gasteiger partial charge is 0.497 e. The molecule has 116 valence electrons. The van der Waals surface area contributed by atoms with Gasteiger partial charge in [-0.2, -0.15) is 0 Å². The molecule has 0 aliphatic carbocycles. The van der Waals surface area contributed by atoms with Gasteiger partial charge in [0.1, 0.15) is 11.9 Å². The molecule has 0 amide bonds. The van der Waals surface area contributed by atoms with Gasteiger partial charge in [-0.3, -0.25) is 0 Å². The van der Waals surface area contributed by atoms with Gasteiger partial charge in [-0.15, -0.1) is 0 Å². The molecular formula is C15H22N2O4. The maximum Gasteiger partial charge on any atom is 0.176 e. The maximum absolute atomic E-state index is 10.2. The Labute approximate surface area is 124 Å². The fourth-order valence-electron chi connectivity index (χ4n) is 2.84. The summed E-state index contributed by atoms with van der Waals surface area (Å²) in [5, 5.41) is 13.5. The van der Waals surface area contributed by atoms with Gasteiger partial charge in [0.05, 0.1) is 31.9 Å². The van der Waals surface area contributed by atoms with E-state index in [0.29, 0.717) is 13.2 Å². The summed E-state index contributed by atoms with van der Waals surface area (Å²) in [6.45, 7) is 1.17. The van der Waals surface area contributed by atoms with Crippen molar-refractivity contribution in [3.05, 3.63) is 29.8 Å². The summed E-state index contributed by atoms with van der Waals surface area (Å²) >= 11 is 0. The van der Waals surface area contributed by atoms with Gasteiger partial charge in [0.15, 0.2) is 6.29 Å². The first-order chi connectivity index (χ1) is 10.2. The van der Waals surface area contributed by atoms with Gasteiger partial charge in [0.25, 0.3) is 0 Å². The molecule has 2 aliphatic heterocycles. The van der Waals surface area contributed by atoms with Crippen LogP contribution in [0.3, 0.4) is 0 Å². The average Bonchev–Trinajstić information content (AvgIpc) is 2.96. The quantitative estimate of drug-likeness (QED) is 0.687. The number of benzene rings is 1. The standard InChI is InChI=1S/C15H22N2O4/c1-19-10-4-2-9(3-5-10)6-7-17-13-14(18)12(16)11-8-20-15(13)21-11/h2-5,11-15,17-18H,6-8,16H2,1H3/t11-,12-,13-,14+,15-/m1/s1. The van der Waals surface area contributed by atoms with E-state index in [2.05, 4.69) is 5.32 Å². The Kier molecular flexibility index (Phi) is 4.42. The van der Waals surface area contributed by atoms with Gasteiger partial charge in [-0.05, 0) is 30.7 Å². The zero-order valence-electron chi connectivity index (χ0n) is 12.1. The summed E-state index contributed by atoms with van der Waals surface area (Å²) in [6.07, 6.45) is -0.393. The summed E-state index contributed by atoms with van der Waals surface area (Å²) in [5.74, 6) is 0.846. The van der Waals surface area contributed by atoms with E-state index in [1.54, 1.807) is 7.11 Å². The lowest BCUT2D eigenvalue weighted by Crippen LogP contribution is -2.62. The third kappa shape index (κ3) is 3.04. The molecule has 0 saturated carbocycles. The number of hydrogen-bond donors (Lipinski definition) is 3. The molecule has 0 spiro atoms. The highest BCUT2D eigenvalue weighted by Gasteiger charge is 2.48. The number of hydrogen-bond acceptors (Lipinski definition) is 6. The molecule has 6 heteroatoms. The van der Waals surface area contributed by atoms with E-state index in [1.807, 2.05) is 24.3 Å². The fourth-order valence-corrected chi connectivity index (χ4v) is 2.84. The molecule has 21 heavy (non-hydrogen) atoms. The first-order valence-corrected chi connectivity index (χ1v) is 7.26. The molecule has 2 bridgehead atoms. The smallest absolute Gasteiger partial charge is 0.176 e. The number of rotatable bonds is 5. The van der Waals surface area contributed by atoms with Gasteiger partial charge in [0, 0.05) is 0 Å². The summed E-state index contributed by atoms with van der Waals surface area (Å²) in [7, 11) is 1.65. The molecule has 0 radical (unpaired) electrons. The summed E-state index contributed by atoms with van der Waals surface area (Å²) in [4.78, 5) is 0. The Bertz CT molecular complexity index is 467. The molecule has 1 aromatic carbocycles. The average molecular weight is 294 g/mol. The van der Waals surface area contributed by atoms with E-state index < -0.39 is 18.4 Å². The van der Waals surface area contributed by atoms with Crippen molar-refractivity contribution in [2.75, 3.05) is 20.3 Å². The molecule has 0 aromatic heterocycles. The zero-order chi connectivity index (χ0) is 14.8. The van der Waals surface area contributed by atoms with E-state index >= 15 is 0 Å². The van der Waals surface area contributed by atoms with Crippen molar-refractivity contribution >= 4 is 0 Å². The molecule has 5 atom stereocenters. The molecule has 2 heterocycles. The molecular weight excluding hydrogens is 272 g/mol. The predicted molar refractivity (Wildman–Crippen MR) is 77.1 cm³/mol. The van der Waals surface area contributed by atoms with Gasteiger partial charge in [0.2, 0.25) is 0 Å². The van der Waals surface area contributed by atoms with Gasteiger partial charge in [-0.25, -0.2) is 0 Å². The third-order valence-corrected chi connectivity index (χ3v) is 4.17. The van der Waals surface area contributed by atoms with Crippen LogP contribution in [0.2, 0.25) is 0 Å². The van der Waals surface area contributed by atoms with Crippen LogP contribution in [0, 0.1) is 0 Å². The van der Waals surface area contributed by atoms with Crippen LogP contribution in [0.25, 0.3) is 0 Å². The normalized spacial score (nSPS) is 34.9. The highest BCUT2D eigenvalue weighted by atomic mass is 16.7. The number of nitrogens with two attached hydrogens (primary N) is 1. The molecule has 3 rings (SSSR count). The van der Waals surface area contributed by atoms with Crippen LogP contribution >= 0.6 is 0 Å². The number of aliphatic hydroxyl groups is 1. The zero-order valence-corrected chi connectivity index (χ0v) is 12.1. The Morgan fingerprint density at radius 1 is 1.38 bits per heavy atom. The fraction of sp³-hybridized carbons (Fsp3) is 0.600. The second-order valence-electron chi connectivity index (χ2n) is 5.52. The Balaban J connectivity index is 1.52. The molecule has 6 nitrogen and oxygen atoms in total. The minimum Gasteiger partial charge on any atom is -0.497 e. The van der Waals surface area contributed by atoms with Crippen LogP contribution in [0.5, 0.6) is 5.75 Å². The summed E-state index contributed by atoms with van der Waals surface area (Å²) < 4.78 is 16.3. The third-order valence-electron chi connectivity index (χ3n) is 4.17. The predicted octanol–water partition coefficient (Wildman–Crippen LogP) is -0.361. The van der Waals surface area contributed by atoms with Crippen molar-refractivity contribution in [3.63, 3.8) is 0 Å². The number of ether oxygens (including phenoxy) is 3. The Morgan fingerprint density at radius 3 is 2.86 bits per heavy atom. The molecule has 2 fully saturated rings. The van der Waals surface area contributed by atoms with Crippen LogP contribution < -0.4 is 15.8 Å². The van der Waals surface area contributed by atoms with E-state index in [-0.39, 0.29) is 12.1 Å². The minimum absolute atomic E-state index is 0.190. The second-order valence-corrected chi connectivity index (χ2v) is 5.52. The molecule has 4 N–H and O–H groups in total. The first kappa shape index (κ1) is 14.7. The van der Waals surface area contributed by atoms with Crippen LogP contribution in [0.4, 0.5) is 0 Å². The second kappa shape index (κ2) is 6.29. The van der Waals surface area contributed by atoms with Crippen molar-refractivity contribution in [2.24, 2.45) is 5.73 Å². The lowest BCUT2D eigenvalue weighted by Gasteiger charge is -2.36.